The van der Waals surface area contributed by atoms with E-state index in [0.717, 1.165) is 15.4 Å². The van der Waals surface area contributed by atoms with Crippen LogP contribution in [0.3, 0.4) is 0 Å². The van der Waals surface area contributed by atoms with Crippen molar-refractivity contribution in [3.63, 3.8) is 0 Å². The van der Waals surface area contributed by atoms with Crippen LogP contribution in [0, 0.1) is 10.1 Å². The van der Waals surface area contributed by atoms with Crippen LogP contribution in [0.1, 0.15) is 5.56 Å². The van der Waals surface area contributed by atoms with Crippen molar-refractivity contribution in [1.82, 2.24) is 4.57 Å². The predicted octanol–water partition coefficient (Wildman–Crippen LogP) is 5.12. The van der Waals surface area contributed by atoms with Gasteiger partial charge in [0, 0.05) is 37.7 Å². The second-order valence-electron chi connectivity index (χ2n) is 4.65. The second kappa shape index (κ2) is 5.61. The van der Waals surface area contributed by atoms with E-state index in [9.17, 15) is 10.1 Å². The number of fused-ring (bicyclic) bond motifs is 1. The Kier molecular flexibility index (Phi) is 3.82. The number of hydrogen-bond donors (Lipinski definition) is 0. The number of hydrogen-bond acceptors (Lipinski definition) is 2. The van der Waals surface area contributed by atoms with Crippen LogP contribution in [0.25, 0.3) is 10.9 Å². The number of halogens is 2. The van der Waals surface area contributed by atoms with Crippen LogP contribution in [0.4, 0.5) is 5.69 Å². The molecule has 0 atom stereocenters. The lowest BCUT2D eigenvalue weighted by Gasteiger charge is -2.07. The van der Waals surface area contributed by atoms with Crippen LogP contribution in [0.2, 0.25) is 0 Å². The lowest BCUT2D eigenvalue weighted by molar-refractivity contribution is -0.385. The van der Waals surface area contributed by atoms with Crippen LogP contribution in [-0.2, 0) is 6.54 Å². The Labute approximate surface area is 137 Å². The normalized spacial score (nSPS) is 11.0. The van der Waals surface area contributed by atoms with Crippen LogP contribution < -0.4 is 0 Å². The molecule has 0 saturated carbocycles. The minimum absolute atomic E-state index is 0.126. The van der Waals surface area contributed by atoms with Gasteiger partial charge in [0.05, 0.1) is 11.5 Å². The molecule has 1 heterocycles. The van der Waals surface area contributed by atoms with Crippen molar-refractivity contribution in [2.75, 3.05) is 0 Å². The zero-order valence-electron chi connectivity index (χ0n) is 10.8. The van der Waals surface area contributed by atoms with Gasteiger partial charge in [-0.2, -0.15) is 0 Å². The first kappa shape index (κ1) is 14.3. The molecule has 1 aromatic heterocycles. The van der Waals surface area contributed by atoms with Crippen LogP contribution >= 0.6 is 31.9 Å². The fourth-order valence-electron chi connectivity index (χ4n) is 2.35. The molecular weight excluding hydrogens is 400 g/mol. The van der Waals surface area contributed by atoms with Gasteiger partial charge in [-0.1, -0.05) is 37.9 Å². The van der Waals surface area contributed by atoms with Crippen LogP contribution in [0.5, 0.6) is 0 Å². The summed E-state index contributed by atoms with van der Waals surface area (Å²) in [6.07, 6.45) is 1.95. The monoisotopic (exact) mass is 408 g/mol. The van der Waals surface area contributed by atoms with Gasteiger partial charge in [0.15, 0.2) is 0 Å². The summed E-state index contributed by atoms with van der Waals surface area (Å²) in [5.41, 5.74) is 1.85. The van der Waals surface area contributed by atoms with E-state index in [1.165, 1.54) is 6.07 Å². The molecule has 6 heteroatoms. The van der Waals surface area contributed by atoms with Gasteiger partial charge < -0.3 is 4.57 Å². The number of nitro benzene ring substituents is 1. The zero-order valence-corrected chi connectivity index (χ0v) is 14.0. The molecule has 3 aromatic rings. The Morgan fingerprint density at radius 2 is 1.95 bits per heavy atom. The maximum absolute atomic E-state index is 11.2. The van der Waals surface area contributed by atoms with E-state index in [2.05, 4.69) is 31.9 Å². The molecule has 0 aliphatic heterocycles. The summed E-state index contributed by atoms with van der Waals surface area (Å²) in [5.74, 6) is 0. The van der Waals surface area contributed by atoms with Crippen molar-refractivity contribution >= 4 is 48.5 Å². The third-order valence-corrected chi connectivity index (χ3v) is 4.53. The summed E-state index contributed by atoms with van der Waals surface area (Å²) < 4.78 is 3.73. The third-order valence-electron chi connectivity index (χ3n) is 3.35. The zero-order chi connectivity index (χ0) is 15.0. The Morgan fingerprint density at radius 3 is 2.71 bits per heavy atom. The molecule has 0 unspecified atom stereocenters. The summed E-state index contributed by atoms with van der Waals surface area (Å²) in [7, 11) is 0. The molecule has 0 saturated heterocycles. The van der Waals surface area contributed by atoms with Gasteiger partial charge in [-0.25, -0.2) is 0 Å². The maximum Gasteiger partial charge on any atom is 0.275 e. The highest BCUT2D eigenvalue weighted by Crippen LogP contribution is 2.28. The molecule has 0 aliphatic rings. The van der Waals surface area contributed by atoms with Crippen molar-refractivity contribution in [2.45, 2.75) is 6.54 Å². The Balaban J connectivity index is 2.07. The molecule has 0 amide bonds. The van der Waals surface area contributed by atoms with Crippen molar-refractivity contribution in [2.24, 2.45) is 0 Å². The summed E-state index contributed by atoms with van der Waals surface area (Å²) in [5, 5.41) is 12.3. The summed E-state index contributed by atoms with van der Waals surface area (Å²) in [6.45, 7) is 0.462. The van der Waals surface area contributed by atoms with Crippen molar-refractivity contribution in [3.8, 4) is 0 Å². The first-order chi connectivity index (χ1) is 10.1. The lowest BCUT2D eigenvalue weighted by Crippen LogP contribution is -2.02. The molecular formula is C15H10Br2N2O2. The molecule has 3 rings (SSSR count). The quantitative estimate of drug-likeness (QED) is 0.445. The standard InChI is InChI=1S/C15H10Br2N2O2/c16-11-5-4-10(15(8-11)19(20)21)9-18-7-6-12-13(17)2-1-3-14(12)18/h1-8H,9H2. The fraction of sp³-hybridized carbons (Fsp3) is 0.0667. The SMILES string of the molecule is O=[N+]([O-])c1cc(Br)ccc1Cn1ccc2c(Br)cccc21. The molecule has 2 aromatic carbocycles. The van der Waals surface area contributed by atoms with Crippen molar-refractivity contribution < 1.29 is 4.92 Å². The van der Waals surface area contributed by atoms with E-state index in [4.69, 9.17) is 0 Å². The van der Waals surface area contributed by atoms with Gasteiger partial charge in [0.25, 0.3) is 5.69 Å². The average molecular weight is 410 g/mol. The van der Waals surface area contributed by atoms with Crippen molar-refractivity contribution in [3.05, 3.63) is 73.3 Å². The summed E-state index contributed by atoms with van der Waals surface area (Å²) in [6, 6.07) is 13.1. The smallest absolute Gasteiger partial charge is 0.275 e. The Bertz CT molecular complexity index is 843. The summed E-state index contributed by atoms with van der Waals surface area (Å²) in [4.78, 5) is 10.8. The number of rotatable bonds is 3. The first-order valence-corrected chi connectivity index (χ1v) is 7.81. The summed E-state index contributed by atoms with van der Waals surface area (Å²) >= 11 is 6.79. The first-order valence-electron chi connectivity index (χ1n) is 6.22. The highest BCUT2D eigenvalue weighted by atomic mass is 79.9. The molecule has 106 valence electrons. The fourth-order valence-corrected chi connectivity index (χ4v) is 3.18. The van der Waals surface area contributed by atoms with E-state index in [-0.39, 0.29) is 10.6 Å². The average Bonchev–Trinajstić information content (AvgIpc) is 2.85. The van der Waals surface area contributed by atoms with Gasteiger partial charge in [-0.05, 0) is 30.3 Å². The van der Waals surface area contributed by atoms with E-state index < -0.39 is 0 Å². The van der Waals surface area contributed by atoms with Gasteiger partial charge >= 0.3 is 0 Å². The number of aromatic nitrogens is 1. The molecule has 0 N–H and O–H groups in total. The number of nitro groups is 1. The lowest BCUT2D eigenvalue weighted by atomic mass is 10.2. The Hall–Kier alpha value is -1.66. The number of benzene rings is 2. The number of nitrogens with zero attached hydrogens (tertiary/aromatic N) is 2. The van der Waals surface area contributed by atoms with Crippen molar-refractivity contribution in [1.29, 1.82) is 0 Å². The van der Waals surface area contributed by atoms with E-state index >= 15 is 0 Å². The minimum Gasteiger partial charge on any atom is -0.343 e. The van der Waals surface area contributed by atoms with E-state index in [1.54, 1.807) is 6.07 Å². The molecule has 0 spiro atoms. The predicted molar refractivity (Wildman–Crippen MR) is 89.5 cm³/mol. The highest BCUT2D eigenvalue weighted by Gasteiger charge is 2.15. The molecule has 0 fully saturated rings. The highest BCUT2D eigenvalue weighted by molar-refractivity contribution is 9.11. The largest absolute Gasteiger partial charge is 0.343 e. The van der Waals surface area contributed by atoms with Gasteiger partial charge in [-0.15, -0.1) is 0 Å². The topological polar surface area (TPSA) is 48.1 Å². The Morgan fingerprint density at radius 1 is 1.14 bits per heavy atom. The molecule has 0 radical (unpaired) electrons. The van der Waals surface area contributed by atoms with E-state index in [0.29, 0.717) is 16.6 Å². The molecule has 21 heavy (non-hydrogen) atoms. The van der Waals surface area contributed by atoms with Gasteiger partial charge in [0.2, 0.25) is 0 Å². The van der Waals surface area contributed by atoms with E-state index in [1.807, 2.05) is 41.1 Å². The van der Waals surface area contributed by atoms with Gasteiger partial charge in [0.1, 0.15) is 0 Å². The minimum atomic E-state index is -0.346. The van der Waals surface area contributed by atoms with Crippen LogP contribution in [-0.4, -0.2) is 9.49 Å². The van der Waals surface area contributed by atoms with Gasteiger partial charge in [-0.3, -0.25) is 10.1 Å². The molecule has 4 nitrogen and oxygen atoms in total. The second-order valence-corrected chi connectivity index (χ2v) is 6.42. The third kappa shape index (κ3) is 2.73. The maximum atomic E-state index is 11.2. The van der Waals surface area contributed by atoms with Crippen LogP contribution in [0.15, 0.2) is 57.6 Å². The molecule has 0 bridgehead atoms. The molecule has 0 aliphatic carbocycles.